The predicted octanol–water partition coefficient (Wildman–Crippen LogP) is 3.51. The summed E-state index contributed by atoms with van der Waals surface area (Å²) in [7, 11) is 2.87. The maximum atomic E-state index is 13.6. The number of aromatic hydroxyl groups is 2. The molecule has 9 heteroatoms. The van der Waals surface area contributed by atoms with Crippen molar-refractivity contribution >= 4 is 38.7 Å². The first kappa shape index (κ1) is 23.2. The number of para-hydroxylation sites is 2. The standard InChI is InChI=1S/C29H23N5O4/c1-33-27(30)23(28(37)34(2)29(33)38)21(15-11-13-16(35)14-12-15)22-25-24(17-7-3-4-8-18(17)26(22)36)31-19-9-5-6-10-20(19)32-25/h3-14,21,35-36H,30H2,1-2H3. The number of rotatable bonds is 3. The topological polar surface area (TPSA) is 136 Å². The van der Waals surface area contributed by atoms with E-state index in [0.717, 1.165) is 4.57 Å². The minimum Gasteiger partial charge on any atom is -0.508 e. The Morgan fingerprint density at radius 3 is 1.97 bits per heavy atom. The Balaban J connectivity index is 1.86. The minimum absolute atomic E-state index is 0.0345. The Bertz CT molecular complexity index is 2030. The second kappa shape index (κ2) is 8.45. The van der Waals surface area contributed by atoms with Gasteiger partial charge < -0.3 is 15.9 Å². The number of nitrogens with two attached hydrogens (primary N) is 1. The molecule has 0 fully saturated rings. The molecular weight excluding hydrogens is 482 g/mol. The SMILES string of the molecule is Cn1c(N)c(C(c2ccc(O)cc2)c2c(O)c3ccccc3c3nc4ccccc4nc23)c(=O)n(C)c1=O. The number of phenolic OH excluding ortho intramolecular Hbond substituents is 2. The molecule has 0 saturated heterocycles. The molecule has 0 radical (unpaired) electrons. The average molecular weight is 506 g/mol. The summed E-state index contributed by atoms with van der Waals surface area (Å²) in [5.74, 6) is -1.02. The molecule has 0 saturated carbocycles. The number of nitrogens with zero attached hydrogens (tertiary/aromatic N) is 4. The monoisotopic (exact) mass is 505 g/mol. The van der Waals surface area contributed by atoms with Crippen molar-refractivity contribution in [3.8, 4) is 11.5 Å². The molecule has 1 unspecified atom stereocenters. The lowest BCUT2D eigenvalue weighted by molar-refractivity contribution is 0.473. The number of aromatic nitrogens is 4. The maximum absolute atomic E-state index is 13.6. The van der Waals surface area contributed by atoms with Crippen LogP contribution in [0.4, 0.5) is 5.82 Å². The van der Waals surface area contributed by atoms with Crippen molar-refractivity contribution in [2.45, 2.75) is 5.92 Å². The third-order valence-corrected chi connectivity index (χ3v) is 7.07. The van der Waals surface area contributed by atoms with E-state index >= 15 is 0 Å². The van der Waals surface area contributed by atoms with Gasteiger partial charge in [0.05, 0.1) is 27.6 Å². The van der Waals surface area contributed by atoms with Gasteiger partial charge in [0.25, 0.3) is 5.56 Å². The minimum atomic E-state index is -0.941. The Labute approximate surface area is 215 Å². The molecule has 4 aromatic carbocycles. The highest BCUT2D eigenvalue weighted by atomic mass is 16.3. The van der Waals surface area contributed by atoms with E-state index in [1.165, 1.54) is 30.8 Å². The lowest BCUT2D eigenvalue weighted by atomic mass is 9.83. The Morgan fingerprint density at radius 1 is 0.737 bits per heavy atom. The fourth-order valence-electron chi connectivity index (χ4n) is 5.10. The summed E-state index contributed by atoms with van der Waals surface area (Å²) >= 11 is 0. The summed E-state index contributed by atoms with van der Waals surface area (Å²) in [5.41, 5.74) is 8.50. The molecule has 0 aliphatic heterocycles. The normalized spacial score (nSPS) is 12.4. The van der Waals surface area contributed by atoms with E-state index in [0.29, 0.717) is 44.0 Å². The zero-order valence-electron chi connectivity index (χ0n) is 20.6. The highest BCUT2D eigenvalue weighted by Crippen LogP contribution is 2.45. The Morgan fingerprint density at radius 2 is 1.32 bits per heavy atom. The molecule has 6 rings (SSSR count). The summed E-state index contributed by atoms with van der Waals surface area (Å²) in [6, 6.07) is 21.0. The maximum Gasteiger partial charge on any atom is 0.332 e. The second-order valence-corrected chi connectivity index (χ2v) is 9.25. The molecule has 4 N–H and O–H groups in total. The smallest absolute Gasteiger partial charge is 0.332 e. The molecule has 0 amide bonds. The van der Waals surface area contributed by atoms with Gasteiger partial charge in [-0.1, -0.05) is 48.5 Å². The molecule has 0 aliphatic carbocycles. The number of hydrogen-bond acceptors (Lipinski definition) is 7. The van der Waals surface area contributed by atoms with Crippen LogP contribution >= 0.6 is 0 Å². The van der Waals surface area contributed by atoms with Crippen molar-refractivity contribution in [3.63, 3.8) is 0 Å². The van der Waals surface area contributed by atoms with Crippen LogP contribution in [0.5, 0.6) is 11.5 Å². The van der Waals surface area contributed by atoms with Crippen LogP contribution in [0.1, 0.15) is 22.6 Å². The Hall–Kier alpha value is -5.18. The van der Waals surface area contributed by atoms with Crippen molar-refractivity contribution < 1.29 is 10.2 Å². The van der Waals surface area contributed by atoms with E-state index in [2.05, 4.69) is 0 Å². The van der Waals surface area contributed by atoms with E-state index in [-0.39, 0.29) is 22.9 Å². The summed E-state index contributed by atoms with van der Waals surface area (Å²) < 4.78 is 2.19. The number of fused-ring (bicyclic) bond motifs is 4. The highest BCUT2D eigenvalue weighted by Gasteiger charge is 2.31. The van der Waals surface area contributed by atoms with Crippen LogP contribution in [-0.2, 0) is 14.1 Å². The van der Waals surface area contributed by atoms with E-state index in [9.17, 15) is 19.8 Å². The van der Waals surface area contributed by atoms with Gasteiger partial charge in [0.15, 0.2) is 0 Å². The number of anilines is 1. The quantitative estimate of drug-likeness (QED) is 0.247. The molecule has 0 bridgehead atoms. The average Bonchev–Trinajstić information content (AvgIpc) is 2.94. The first-order valence-electron chi connectivity index (χ1n) is 11.9. The van der Waals surface area contributed by atoms with Gasteiger partial charge in [-0.2, -0.15) is 0 Å². The summed E-state index contributed by atoms with van der Waals surface area (Å²) in [5, 5.41) is 23.0. The van der Waals surface area contributed by atoms with Crippen LogP contribution in [0, 0.1) is 0 Å². The molecule has 2 heterocycles. The molecule has 38 heavy (non-hydrogen) atoms. The van der Waals surface area contributed by atoms with Crippen LogP contribution in [0.3, 0.4) is 0 Å². The summed E-state index contributed by atoms with van der Waals surface area (Å²) in [6.07, 6.45) is 0. The second-order valence-electron chi connectivity index (χ2n) is 9.25. The molecule has 0 aliphatic rings. The van der Waals surface area contributed by atoms with Crippen LogP contribution in [0.15, 0.2) is 82.4 Å². The first-order valence-corrected chi connectivity index (χ1v) is 11.9. The molecule has 6 aromatic rings. The number of hydrogen-bond donors (Lipinski definition) is 3. The largest absolute Gasteiger partial charge is 0.508 e. The van der Waals surface area contributed by atoms with Crippen molar-refractivity contribution in [2.24, 2.45) is 14.1 Å². The number of benzene rings is 4. The molecule has 9 nitrogen and oxygen atoms in total. The van der Waals surface area contributed by atoms with Gasteiger partial charge >= 0.3 is 5.69 Å². The van der Waals surface area contributed by atoms with Gasteiger partial charge in [0.2, 0.25) is 0 Å². The number of phenols is 2. The van der Waals surface area contributed by atoms with Crippen molar-refractivity contribution in [1.82, 2.24) is 19.1 Å². The zero-order chi connectivity index (χ0) is 26.7. The van der Waals surface area contributed by atoms with Gasteiger partial charge in [-0.15, -0.1) is 0 Å². The predicted molar refractivity (Wildman–Crippen MR) is 147 cm³/mol. The molecular formula is C29H23N5O4. The zero-order valence-corrected chi connectivity index (χ0v) is 20.6. The fraction of sp³-hybridized carbons (Fsp3) is 0.103. The lowest BCUT2D eigenvalue weighted by Gasteiger charge is -2.24. The highest BCUT2D eigenvalue weighted by molar-refractivity contribution is 6.11. The Kier molecular flexibility index (Phi) is 5.16. The van der Waals surface area contributed by atoms with E-state index in [4.69, 9.17) is 15.7 Å². The van der Waals surface area contributed by atoms with Crippen molar-refractivity contribution in [3.05, 3.63) is 110 Å². The van der Waals surface area contributed by atoms with E-state index in [1.807, 2.05) is 36.4 Å². The number of nitrogen functional groups attached to an aromatic ring is 1. The van der Waals surface area contributed by atoms with Crippen molar-refractivity contribution in [2.75, 3.05) is 5.73 Å². The van der Waals surface area contributed by atoms with Crippen LogP contribution in [0.2, 0.25) is 0 Å². The fourth-order valence-corrected chi connectivity index (χ4v) is 5.10. The summed E-state index contributed by atoms with van der Waals surface area (Å²) in [4.78, 5) is 36.1. The van der Waals surface area contributed by atoms with Gasteiger partial charge in [0, 0.05) is 36.3 Å². The molecule has 0 spiro atoms. The molecule has 2 aromatic heterocycles. The van der Waals surface area contributed by atoms with Crippen LogP contribution in [0.25, 0.3) is 32.8 Å². The van der Waals surface area contributed by atoms with Crippen molar-refractivity contribution in [1.29, 1.82) is 0 Å². The summed E-state index contributed by atoms with van der Waals surface area (Å²) in [6.45, 7) is 0. The van der Waals surface area contributed by atoms with Gasteiger partial charge in [0.1, 0.15) is 17.3 Å². The molecule has 1 atom stereocenters. The van der Waals surface area contributed by atoms with Gasteiger partial charge in [-0.05, 0) is 29.8 Å². The molecule has 188 valence electrons. The lowest BCUT2D eigenvalue weighted by Crippen LogP contribution is -2.41. The van der Waals surface area contributed by atoms with Crippen LogP contribution < -0.4 is 17.0 Å². The van der Waals surface area contributed by atoms with Gasteiger partial charge in [-0.25, -0.2) is 14.8 Å². The third kappa shape index (κ3) is 3.32. The van der Waals surface area contributed by atoms with E-state index < -0.39 is 17.2 Å². The third-order valence-electron chi connectivity index (χ3n) is 7.07. The van der Waals surface area contributed by atoms with Gasteiger partial charge in [-0.3, -0.25) is 13.9 Å². The van der Waals surface area contributed by atoms with E-state index in [1.54, 1.807) is 24.3 Å². The first-order chi connectivity index (χ1) is 18.3. The van der Waals surface area contributed by atoms with Crippen LogP contribution in [-0.4, -0.2) is 29.3 Å².